The number of aromatic amines is 1. The van der Waals surface area contributed by atoms with Gasteiger partial charge in [-0.05, 0) is 38.5 Å². The van der Waals surface area contributed by atoms with Gasteiger partial charge in [-0.2, -0.15) is 0 Å². The molecule has 0 saturated heterocycles. The van der Waals surface area contributed by atoms with Crippen LogP contribution in [-0.4, -0.2) is 16.7 Å². The molecule has 0 amide bonds. The Morgan fingerprint density at radius 3 is 2.55 bits per heavy atom. The maximum atomic E-state index is 13.7. The Hall–Kier alpha value is -1.95. The van der Waals surface area contributed by atoms with Crippen molar-refractivity contribution in [1.29, 1.82) is 0 Å². The van der Waals surface area contributed by atoms with Crippen LogP contribution in [0.2, 0.25) is 0 Å². The molecule has 116 valence electrons. The van der Waals surface area contributed by atoms with Crippen molar-refractivity contribution in [3.63, 3.8) is 0 Å². The van der Waals surface area contributed by atoms with Gasteiger partial charge in [0.1, 0.15) is 18.1 Å². The number of carbonyl (C=O) groups excluding carboxylic acids is 2. The number of benzene rings is 1. The van der Waals surface area contributed by atoms with Crippen LogP contribution < -0.4 is 0 Å². The van der Waals surface area contributed by atoms with Crippen molar-refractivity contribution >= 4 is 27.7 Å². The fourth-order valence-electron chi connectivity index (χ4n) is 2.34. The molecule has 0 fully saturated rings. The highest BCUT2D eigenvalue weighted by Crippen LogP contribution is 2.20. The number of carbonyl (C=O) groups is 2. The molecule has 6 heteroatoms. The van der Waals surface area contributed by atoms with Crippen molar-refractivity contribution in [2.45, 2.75) is 27.4 Å². The SMILES string of the molecule is CC(=O)c1c(C)[nH]c(C(=O)OCc2ccc(Br)cc2F)c1C. The van der Waals surface area contributed by atoms with E-state index in [-0.39, 0.29) is 23.6 Å². The summed E-state index contributed by atoms with van der Waals surface area (Å²) in [7, 11) is 0. The van der Waals surface area contributed by atoms with Crippen LogP contribution in [0.15, 0.2) is 22.7 Å². The minimum atomic E-state index is -0.615. The highest BCUT2D eigenvalue weighted by Gasteiger charge is 2.21. The lowest BCUT2D eigenvalue weighted by atomic mass is 10.1. The van der Waals surface area contributed by atoms with E-state index < -0.39 is 11.8 Å². The van der Waals surface area contributed by atoms with Crippen molar-refractivity contribution in [3.8, 4) is 0 Å². The number of hydrogen-bond acceptors (Lipinski definition) is 3. The van der Waals surface area contributed by atoms with Crippen molar-refractivity contribution < 1.29 is 18.7 Å². The van der Waals surface area contributed by atoms with E-state index in [4.69, 9.17) is 4.74 Å². The molecule has 2 rings (SSSR count). The van der Waals surface area contributed by atoms with Gasteiger partial charge in [0.25, 0.3) is 0 Å². The van der Waals surface area contributed by atoms with E-state index in [1.54, 1.807) is 26.0 Å². The normalized spacial score (nSPS) is 10.6. The molecule has 0 radical (unpaired) electrons. The third kappa shape index (κ3) is 3.27. The number of H-pyrrole nitrogens is 1. The topological polar surface area (TPSA) is 59.2 Å². The fraction of sp³-hybridized carbons (Fsp3) is 0.250. The summed E-state index contributed by atoms with van der Waals surface area (Å²) >= 11 is 3.16. The number of ketones is 1. The molecule has 1 N–H and O–H groups in total. The molecule has 2 aromatic rings. The second kappa shape index (κ2) is 6.44. The number of Topliss-reactive ketones (excluding diaryl/α,β-unsaturated/α-hetero) is 1. The second-order valence-electron chi connectivity index (χ2n) is 4.99. The minimum Gasteiger partial charge on any atom is -0.456 e. The Bertz CT molecular complexity index is 752. The van der Waals surface area contributed by atoms with Crippen molar-refractivity contribution in [3.05, 3.63) is 56.6 Å². The van der Waals surface area contributed by atoms with Gasteiger partial charge in [0.05, 0.1) is 0 Å². The number of nitrogens with one attached hydrogen (secondary N) is 1. The molecule has 0 unspecified atom stereocenters. The van der Waals surface area contributed by atoms with Gasteiger partial charge >= 0.3 is 5.97 Å². The van der Waals surface area contributed by atoms with E-state index >= 15 is 0 Å². The van der Waals surface area contributed by atoms with Crippen LogP contribution in [-0.2, 0) is 11.3 Å². The Labute approximate surface area is 135 Å². The first kappa shape index (κ1) is 16.4. The summed E-state index contributed by atoms with van der Waals surface area (Å²) in [6.45, 7) is 4.66. The van der Waals surface area contributed by atoms with Crippen LogP contribution in [0.1, 0.15) is 44.6 Å². The molecule has 1 aromatic heterocycles. The number of aromatic nitrogens is 1. The summed E-state index contributed by atoms with van der Waals surface area (Å²) in [5.41, 5.74) is 2.16. The summed E-state index contributed by atoms with van der Waals surface area (Å²) in [6.07, 6.45) is 0. The highest BCUT2D eigenvalue weighted by molar-refractivity contribution is 9.10. The van der Waals surface area contributed by atoms with Gasteiger partial charge in [0.15, 0.2) is 5.78 Å². The quantitative estimate of drug-likeness (QED) is 0.653. The molecule has 0 saturated carbocycles. The van der Waals surface area contributed by atoms with Crippen LogP contribution in [0, 0.1) is 19.7 Å². The van der Waals surface area contributed by atoms with E-state index in [0.717, 1.165) is 0 Å². The predicted molar refractivity (Wildman–Crippen MR) is 83.5 cm³/mol. The molecular weight excluding hydrogens is 353 g/mol. The van der Waals surface area contributed by atoms with Gasteiger partial charge in [-0.3, -0.25) is 4.79 Å². The smallest absolute Gasteiger partial charge is 0.355 e. The molecule has 0 aliphatic heterocycles. The summed E-state index contributed by atoms with van der Waals surface area (Å²) in [5.74, 6) is -1.19. The van der Waals surface area contributed by atoms with Gasteiger partial charge < -0.3 is 9.72 Å². The Kier molecular flexibility index (Phi) is 4.81. The van der Waals surface area contributed by atoms with E-state index in [9.17, 15) is 14.0 Å². The van der Waals surface area contributed by atoms with E-state index in [2.05, 4.69) is 20.9 Å². The number of ether oxygens (including phenoxy) is 1. The molecule has 0 aliphatic rings. The lowest BCUT2D eigenvalue weighted by Crippen LogP contribution is -2.08. The summed E-state index contributed by atoms with van der Waals surface area (Å²) in [5, 5.41) is 0. The molecule has 22 heavy (non-hydrogen) atoms. The Balaban J connectivity index is 2.16. The number of rotatable bonds is 4. The average Bonchev–Trinajstić information content (AvgIpc) is 2.72. The third-order valence-electron chi connectivity index (χ3n) is 3.37. The summed E-state index contributed by atoms with van der Waals surface area (Å²) < 4.78 is 19.4. The first-order valence-corrected chi connectivity index (χ1v) is 7.41. The molecular formula is C16H15BrFNO3. The number of aryl methyl sites for hydroxylation is 1. The minimum absolute atomic E-state index is 0.121. The Morgan fingerprint density at radius 2 is 2.00 bits per heavy atom. The van der Waals surface area contributed by atoms with Crippen molar-refractivity contribution in [2.75, 3.05) is 0 Å². The molecule has 0 atom stereocenters. The average molecular weight is 368 g/mol. The van der Waals surface area contributed by atoms with E-state index in [1.807, 2.05) is 0 Å². The molecule has 0 bridgehead atoms. The number of halogens is 2. The summed E-state index contributed by atoms with van der Waals surface area (Å²) in [4.78, 5) is 26.5. The zero-order chi connectivity index (χ0) is 16.4. The lowest BCUT2D eigenvalue weighted by molar-refractivity contribution is 0.0461. The van der Waals surface area contributed by atoms with Gasteiger partial charge in [-0.15, -0.1) is 0 Å². The van der Waals surface area contributed by atoms with Gasteiger partial charge in [-0.1, -0.05) is 22.0 Å². The van der Waals surface area contributed by atoms with Crippen molar-refractivity contribution in [2.24, 2.45) is 0 Å². The first-order chi connectivity index (χ1) is 10.3. The van der Waals surface area contributed by atoms with Crippen LogP contribution in [0.5, 0.6) is 0 Å². The maximum Gasteiger partial charge on any atom is 0.355 e. The first-order valence-electron chi connectivity index (χ1n) is 6.62. The Morgan fingerprint density at radius 1 is 1.32 bits per heavy atom. The van der Waals surface area contributed by atoms with Crippen LogP contribution in [0.4, 0.5) is 4.39 Å². The standard InChI is InChI=1S/C16H15BrFNO3/c1-8-14(10(3)20)9(2)19-15(8)16(21)22-7-11-4-5-12(17)6-13(11)18/h4-6,19H,7H2,1-3H3. The zero-order valence-corrected chi connectivity index (χ0v) is 14.0. The monoisotopic (exact) mass is 367 g/mol. The van der Waals surface area contributed by atoms with Gasteiger partial charge in [-0.25, -0.2) is 9.18 Å². The van der Waals surface area contributed by atoms with Crippen LogP contribution >= 0.6 is 15.9 Å². The fourth-order valence-corrected chi connectivity index (χ4v) is 2.67. The third-order valence-corrected chi connectivity index (χ3v) is 3.86. The van der Waals surface area contributed by atoms with Crippen LogP contribution in [0.25, 0.3) is 0 Å². The van der Waals surface area contributed by atoms with Crippen LogP contribution in [0.3, 0.4) is 0 Å². The molecule has 1 aromatic carbocycles. The van der Waals surface area contributed by atoms with Gasteiger partial charge in [0.2, 0.25) is 0 Å². The molecule has 1 heterocycles. The van der Waals surface area contributed by atoms with Crippen molar-refractivity contribution in [1.82, 2.24) is 4.98 Å². The number of esters is 1. The van der Waals surface area contributed by atoms with E-state index in [0.29, 0.717) is 21.3 Å². The highest BCUT2D eigenvalue weighted by atomic mass is 79.9. The van der Waals surface area contributed by atoms with Gasteiger partial charge in [0, 0.05) is 21.3 Å². The lowest BCUT2D eigenvalue weighted by Gasteiger charge is -2.06. The molecule has 4 nitrogen and oxygen atoms in total. The zero-order valence-electron chi connectivity index (χ0n) is 12.4. The summed E-state index contributed by atoms with van der Waals surface area (Å²) in [6, 6.07) is 4.52. The number of hydrogen-bond donors (Lipinski definition) is 1. The second-order valence-corrected chi connectivity index (χ2v) is 5.91. The maximum absolute atomic E-state index is 13.7. The largest absolute Gasteiger partial charge is 0.456 e. The van der Waals surface area contributed by atoms with E-state index in [1.165, 1.54) is 13.0 Å². The molecule has 0 aliphatic carbocycles. The predicted octanol–water partition coefficient (Wildman–Crippen LogP) is 4.09. The molecule has 0 spiro atoms.